The Morgan fingerprint density at radius 2 is 1.68 bits per heavy atom. The standard InChI is InChI=1S/C14H8Cl3NO/c15-9-3-1-8(2-4-9)5-13-18-12-7-10(16)6-11(17)14(12)19-13/h1-4,6-7H,5H2. The molecule has 0 amide bonds. The molecule has 0 aliphatic carbocycles. The largest absolute Gasteiger partial charge is 0.439 e. The van der Waals surface area contributed by atoms with Crippen molar-refractivity contribution in [2.75, 3.05) is 0 Å². The summed E-state index contributed by atoms with van der Waals surface area (Å²) in [6, 6.07) is 10.9. The average Bonchev–Trinajstić information content (AvgIpc) is 2.75. The Kier molecular flexibility index (Phi) is 3.40. The first kappa shape index (κ1) is 12.8. The predicted octanol–water partition coefficient (Wildman–Crippen LogP) is 5.38. The molecule has 0 saturated carbocycles. The predicted molar refractivity (Wildman–Crippen MR) is 78.3 cm³/mol. The van der Waals surface area contributed by atoms with Gasteiger partial charge in [-0.1, -0.05) is 46.9 Å². The molecule has 0 bridgehead atoms. The highest BCUT2D eigenvalue weighted by atomic mass is 35.5. The number of aromatic nitrogens is 1. The molecule has 3 aromatic rings. The zero-order valence-electron chi connectivity index (χ0n) is 9.66. The lowest BCUT2D eigenvalue weighted by molar-refractivity contribution is 0.544. The molecule has 0 N–H and O–H groups in total. The molecule has 0 atom stereocenters. The Morgan fingerprint density at radius 3 is 2.42 bits per heavy atom. The Labute approximate surface area is 124 Å². The summed E-state index contributed by atoms with van der Waals surface area (Å²) in [7, 11) is 0. The molecule has 0 aliphatic rings. The van der Waals surface area contributed by atoms with Crippen LogP contribution in [0.2, 0.25) is 15.1 Å². The van der Waals surface area contributed by atoms with Gasteiger partial charge in [-0.05, 0) is 29.8 Å². The summed E-state index contributed by atoms with van der Waals surface area (Å²) in [4.78, 5) is 4.38. The van der Waals surface area contributed by atoms with Gasteiger partial charge in [0.2, 0.25) is 0 Å². The molecular weight excluding hydrogens is 305 g/mol. The number of rotatable bonds is 2. The fraction of sp³-hybridized carbons (Fsp3) is 0.0714. The molecule has 0 saturated heterocycles. The molecule has 2 nitrogen and oxygen atoms in total. The fourth-order valence-electron chi connectivity index (χ4n) is 1.86. The van der Waals surface area contributed by atoms with Crippen LogP contribution < -0.4 is 0 Å². The van der Waals surface area contributed by atoms with Crippen molar-refractivity contribution in [2.24, 2.45) is 0 Å². The lowest BCUT2D eigenvalue weighted by Crippen LogP contribution is -1.87. The topological polar surface area (TPSA) is 26.0 Å². The number of hydrogen-bond donors (Lipinski definition) is 0. The normalized spacial score (nSPS) is 11.1. The van der Waals surface area contributed by atoms with Crippen molar-refractivity contribution < 1.29 is 4.42 Å². The second kappa shape index (κ2) is 5.04. The maximum atomic E-state index is 6.06. The van der Waals surface area contributed by atoms with Crippen LogP contribution in [0.25, 0.3) is 11.1 Å². The van der Waals surface area contributed by atoms with E-state index in [1.54, 1.807) is 12.1 Å². The van der Waals surface area contributed by atoms with Gasteiger partial charge < -0.3 is 4.42 Å². The quantitative estimate of drug-likeness (QED) is 0.635. The smallest absolute Gasteiger partial charge is 0.199 e. The van der Waals surface area contributed by atoms with Crippen LogP contribution in [0.1, 0.15) is 11.5 Å². The molecule has 0 aliphatic heterocycles. The minimum absolute atomic E-state index is 0.470. The fourth-order valence-corrected chi connectivity index (χ4v) is 2.51. The van der Waals surface area contributed by atoms with Crippen LogP contribution in [-0.2, 0) is 6.42 Å². The van der Waals surface area contributed by atoms with Gasteiger partial charge in [0.15, 0.2) is 11.5 Å². The third kappa shape index (κ3) is 2.71. The summed E-state index contributed by atoms with van der Waals surface area (Å²) in [6.45, 7) is 0. The zero-order valence-corrected chi connectivity index (χ0v) is 11.9. The van der Waals surface area contributed by atoms with Crippen molar-refractivity contribution in [1.82, 2.24) is 4.98 Å². The second-order valence-electron chi connectivity index (χ2n) is 4.15. The van der Waals surface area contributed by atoms with Gasteiger partial charge in [-0.3, -0.25) is 0 Å². The monoisotopic (exact) mass is 311 g/mol. The molecule has 96 valence electrons. The first-order valence-electron chi connectivity index (χ1n) is 5.61. The highest BCUT2D eigenvalue weighted by Crippen LogP contribution is 2.29. The molecule has 1 heterocycles. The average molecular weight is 313 g/mol. The Bertz CT molecular complexity index is 734. The molecule has 5 heteroatoms. The summed E-state index contributed by atoms with van der Waals surface area (Å²) >= 11 is 17.8. The number of oxazole rings is 1. The van der Waals surface area contributed by atoms with Gasteiger partial charge >= 0.3 is 0 Å². The van der Waals surface area contributed by atoms with E-state index in [1.807, 2.05) is 24.3 Å². The zero-order chi connectivity index (χ0) is 13.4. The van der Waals surface area contributed by atoms with E-state index in [0.717, 1.165) is 5.56 Å². The van der Waals surface area contributed by atoms with E-state index in [0.29, 0.717) is 38.5 Å². The van der Waals surface area contributed by atoms with E-state index in [9.17, 15) is 0 Å². The third-order valence-corrected chi connectivity index (χ3v) is 3.47. The van der Waals surface area contributed by atoms with Gasteiger partial charge in [0.05, 0.1) is 5.02 Å². The van der Waals surface area contributed by atoms with E-state index >= 15 is 0 Å². The summed E-state index contributed by atoms with van der Waals surface area (Å²) in [5, 5.41) is 1.72. The van der Waals surface area contributed by atoms with E-state index in [-0.39, 0.29) is 0 Å². The second-order valence-corrected chi connectivity index (χ2v) is 5.43. The maximum Gasteiger partial charge on any atom is 0.199 e. The van der Waals surface area contributed by atoms with Crippen molar-refractivity contribution in [3.8, 4) is 0 Å². The molecule has 0 spiro atoms. The highest BCUT2D eigenvalue weighted by Gasteiger charge is 2.11. The van der Waals surface area contributed by atoms with Crippen molar-refractivity contribution in [3.05, 3.63) is 62.9 Å². The Morgan fingerprint density at radius 1 is 0.947 bits per heavy atom. The summed E-state index contributed by atoms with van der Waals surface area (Å²) in [5.41, 5.74) is 2.30. The molecule has 0 radical (unpaired) electrons. The van der Waals surface area contributed by atoms with Gasteiger partial charge in [0.25, 0.3) is 0 Å². The van der Waals surface area contributed by atoms with Crippen LogP contribution in [0.4, 0.5) is 0 Å². The van der Waals surface area contributed by atoms with Crippen LogP contribution in [0.5, 0.6) is 0 Å². The summed E-state index contributed by atoms with van der Waals surface area (Å²) in [6.07, 6.45) is 0.583. The third-order valence-electron chi connectivity index (χ3n) is 2.72. The number of hydrogen-bond acceptors (Lipinski definition) is 2. The highest BCUT2D eigenvalue weighted by molar-refractivity contribution is 6.37. The Hall–Kier alpha value is -1.22. The summed E-state index contributed by atoms with van der Waals surface area (Å²) in [5.74, 6) is 0.599. The number of fused-ring (bicyclic) bond motifs is 1. The maximum absolute atomic E-state index is 6.06. The molecule has 0 fully saturated rings. The minimum Gasteiger partial charge on any atom is -0.439 e. The van der Waals surface area contributed by atoms with Crippen LogP contribution in [-0.4, -0.2) is 4.98 Å². The molecule has 19 heavy (non-hydrogen) atoms. The summed E-state index contributed by atoms with van der Waals surface area (Å²) < 4.78 is 5.65. The molecule has 2 aromatic carbocycles. The first-order chi connectivity index (χ1) is 9.11. The van der Waals surface area contributed by atoms with Crippen molar-refractivity contribution in [2.45, 2.75) is 6.42 Å². The number of halogens is 3. The van der Waals surface area contributed by atoms with Gasteiger partial charge in [0, 0.05) is 16.5 Å². The van der Waals surface area contributed by atoms with Crippen LogP contribution in [0, 0.1) is 0 Å². The number of nitrogens with zero attached hydrogens (tertiary/aromatic N) is 1. The van der Waals surface area contributed by atoms with E-state index in [1.165, 1.54) is 0 Å². The van der Waals surface area contributed by atoms with Gasteiger partial charge in [-0.25, -0.2) is 4.98 Å². The van der Waals surface area contributed by atoms with Crippen molar-refractivity contribution >= 4 is 45.9 Å². The lowest BCUT2D eigenvalue weighted by Gasteiger charge is -1.96. The molecule has 0 unspecified atom stereocenters. The van der Waals surface area contributed by atoms with Gasteiger partial charge in [-0.15, -0.1) is 0 Å². The molecule has 3 rings (SSSR count). The van der Waals surface area contributed by atoms with Gasteiger partial charge in [-0.2, -0.15) is 0 Å². The Balaban J connectivity index is 1.97. The van der Waals surface area contributed by atoms with Crippen LogP contribution in [0.15, 0.2) is 40.8 Å². The van der Waals surface area contributed by atoms with Crippen molar-refractivity contribution in [3.63, 3.8) is 0 Å². The van der Waals surface area contributed by atoms with Crippen molar-refractivity contribution in [1.29, 1.82) is 0 Å². The lowest BCUT2D eigenvalue weighted by atomic mass is 10.1. The first-order valence-corrected chi connectivity index (χ1v) is 6.74. The SMILES string of the molecule is Clc1ccc(Cc2nc3cc(Cl)cc(Cl)c3o2)cc1. The van der Waals surface area contributed by atoms with E-state index < -0.39 is 0 Å². The molecule has 1 aromatic heterocycles. The number of benzene rings is 2. The van der Waals surface area contributed by atoms with Crippen LogP contribution in [0.3, 0.4) is 0 Å². The van der Waals surface area contributed by atoms with Crippen LogP contribution >= 0.6 is 34.8 Å². The van der Waals surface area contributed by atoms with E-state index in [2.05, 4.69) is 4.98 Å². The molecular formula is C14H8Cl3NO. The van der Waals surface area contributed by atoms with E-state index in [4.69, 9.17) is 39.2 Å². The minimum atomic E-state index is 0.470. The van der Waals surface area contributed by atoms with Gasteiger partial charge in [0.1, 0.15) is 5.52 Å².